The van der Waals surface area contributed by atoms with Gasteiger partial charge in [-0.25, -0.2) is 0 Å². The van der Waals surface area contributed by atoms with Gasteiger partial charge in [-0.15, -0.1) is 4.98 Å². The average Bonchev–Trinajstić information content (AvgIpc) is 2.53. The third-order valence-electron chi connectivity index (χ3n) is 2.59. The van der Waals surface area contributed by atoms with Crippen molar-refractivity contribution in [3.63, 3.8) is 0 Å². The van der Waals surface area contributed by atoms with Gasteiger partial charge < -0.3 is 19.5 Å². The van der Waals surface area contributed by atoms with Crippen LogP contribution < -0.4 is 19.5 Å². The molecule has 7 nitrogen and oxygen atoms in total. The first-order valence-electron chi connectivity index (χ1n) is 6.57. The molecule has 0 amide bonds. The standard InChI is InChI=1S/C14H18N4O3/c1-4-20-13-16-12(15-2)17-14(18-13)21-9-10-6-5-7-11(8-10)19-3/h5-8H,4,9H2,1-3H3,(H,15,16,17,18). The zero-order chi connectivity index (χ0) is 15.1. The van der Waals surface area contributed by atoms with Gasteiger partial charge >= 0.3 is 12.0 Å². The lowest BCUT2D eigenvalue weighted by molar-refractivity contribution is 0.261. The molecule has 0 unspecified atom stereocenters. The third-order valence-corrected chi connectivity index (χ3v) is 2.59. The Morgan fingerprint density at radius 3 is 2.52 bits per heavy atom. The Morgan fingerprint density at radius 2 is 1.86 bits per heavy atom. The molecule has 1 aromatic heterocycles. The molecule has 0 radical (unpaired) electrons. The minimum absolute atomic E-state index is 0.209. The highest BCUT2D eigenvalue weighted by Gasteiger charge is 2.08. The first kappa shape index (κ1) is 14.8. The Bertz CT molecular complexity index is 592. The SMILES string of the molecule is CCOc1nc(NC)nc(OCc2cccc(OC)c2)n1. The Morgan fingerprint density at radius 1 is 1.10 bits per heavy atom. The maximum Gasteiger partial charge on any atom is 0.324 e. The molecular formula is C14H18N4O3. The van der Waals surface area contributed by atoms with Gasteiger partial charge in [0, 0.05) is 7.05 Å². The van der Waals surface area contributed by atoms with Gasteiger partial charge in [0.25, 0.3) is 0 Å². The van der Waals surface area contributed by atoms with Crippen molar-refractivity contribution in [3.8, 4) is 17.8 Å². The summed E-state index contributed by atoms with van der Waals surface area (Å²) in [6, 6.07) is 8.04. The number of anilines is 1. The summed E-state index contributed by atoms with van der Waals surface area (Å²) >= 11 is 0. The summed E-state index contributed by atoms with van der Waals surface area (Å²) in [4.78, 5) is 12.3. The number of hydrogen-bond acceptors (Lipinski definition) is 7. The van der Waals surface area contributed by atoms with Crippen molar-refractivity contribution in [2.75, 3.05) is 26.1 Å². The van der Waals surface area contributed by atoms with Crippen molar-refractivity contribution in [1.29, 1.82) is 0 Å². The van der Waals surface area contributed by atoms with Crippen LogP contribution in [0.15, 0.2) is 24.3 Å². The molecule has 2 aromatic rings. The quantitative estimate of drug-likeness (QED) is 0.834. The van der Waals surface area contributed by atoms with Gasteiger partial charge in [0.15, 0.2) is 0 Å². The van der Waals surface area contributed by atoms with E-state index in [2.05, 4.69) is 20.3 Å². The monoisotopic (exact) mass is 290 g/mol. The molecule has 0 bridgehead atoms. The molecule has 0 spiro atoms. The van der Waals surface area contributed by atoms with Crippen molar-refractivity contribution < 1.29 is 14.2 Å². The number of rotatable bonds is 7. The predicted octanol–water partition coefficient (Wildman–Crippen LogP) is 1.90. The van der Waals surface area contributed by atoms with E-state index in [4.69, 9.17) is 14.2 Å². The summed E-state index contributed by atoms with van der Waals surface area (Å²) in [6.07, 6.45) is 0. The van der Waals surface area contributed by atoms with Crippen LogP contribution in [0.1, 0.15) is 12.5 Å². The highest BCUT2D eigenvalue weighted by atomic mass is 16.5. The fourth-order valence-corrected chi connectivity index (χ4v) is 1.62. The zero-order valence-corrected chi connectivity index (χ0v) is 12.3. The molecule has 0 fully saturated rings. The van der Waals surface area contributed by atoms with E-state index >= 15 is 0 Å². The van der Waals surface area contributed by atoms with Crippen LogP contribution in [0, 0.1) is 0 Å². The molecule has 2 rings (SSSR count). The number of nitrogens with one attached hydrogen (secondary N) is 1. The second kappa shape index (κ2) is 7.28. The highest BCUT2D eigenvalue weighted by molar-refractivity contribution is 5.29. The Balaban J connectivity index is 2.09. The van der Waals surface area contributed by atoms with Gasteiger partial charge in [-0.3, -0.25) is 0 Å². The molecule has 0 saturated carbocycles. The fraction of sp³-hybridized carbons (Fsp3) is 0.357. The van der Waals surface area contributed by atoms with Crippen LogP contribution in [0.3, 0.4) is 0 Å². The van der Waals surface area contributed by atoms with Crippen LogP contribution in [0.2, 0.25) is 0 Å². The Hall–Kier alpha value is -2.57. The number of methoxy groups -OCH3 is 1. The number of ether oxygens (including phenoxy) is 3. The Labute approximate surface area is 123 Å². The van der Waals surface area contributed by atoms with Gasteiger partial charge in [0.05, 0.1) is 13.7 Å². The van der Waals surface area contributed by atoms with Crippen LogP contribution in [0.5, 0.6) is 17.8 Å². The smallest absolute Gasteiger partial charge is 0.324 e. The summed E-state index contributed by atoms with van der Waals surface area (Å²) in [6.45, 7) is 2.66. The minimum Gasteiger partial charge on any atom is -0.497 e. The molecular weight excluding hydrogens is 272 g/mol. The summed E-state index contributed by atoms with van der Waals surface area (Å²) in [5.74, 6) is 1.17. The van der Waals surface area contributed by atoms with Gasteiger partial charge in [-0.1, -0.05) is 12.1 Å². The van der Waals surface area contributed by atoms with E-state index in [9.17, 15) is 0 Å². The van der Waals surface area contributed by atoms with Crippen molar-refractivity contribution in [3.05, 3.63) is 29.8 Å². The van der Waals surface area contributed by atoms with Crippen LogP contribution in [-0.4, -0.2) is 35.7 Å². The number of nitrogens with zero attached hydrogens (tertiary/aromatic N) is 3. The van der Waals surface area contributed by atoms with Crippen molar-refractivity contribution in [2.24, 2.45) is 0 Å². The molecule has 0 aliphatic carbocycles. The summed E-state index contributed by atoms with van der Waals surface area (Å²) in [5.41, 5.74) is 0.957. The lowest BCUT2D eigenvalue weighted by atomic mass is 10.2. The zero-order valence-electron chi connectivity index (χ0n) is 12.3. The van der Waals surface area contributed by atoms with Crippen molar-refractivity contribution in [2.45, 2.75) is 13.5 Å². The number of hydrogen-bond donors (Lipinski definition) is 1. The third kappa shape index (κ3) is 4.20. The van der Waals surface area contributed by atoms with Crippen LogP contribution >= 0.6 is 0 Å². The van der Waals surface area contributed by atoms with Crippen LogP contribution in [0.4, 0.5) is 5.95 Å². The predicted molar refractivity (Wildman–Crippen MR) is 77.9 cm³/mol. The van der Waals surface area contributed by atoms with Crippen molar-refractivity contribution >= 4 is 5.95 Å². The molecule has 1 N–H and O–H groups in total. The molecule has 21 heavy (non-hydrogen) atoms. The maximum absolute atomic E-state index is 5.58. The lowest BCUT2D eigenvalue weighted by Crippen LogP contribution is -2.07. The lowest BCUT2D eigenvalue weighted by Gasteiger charge is -2.08. The second-order valence-electron chi connectivity index (χ2n) is 4.05. The molecule has 0 atom stereocenters. The summed E-state index contributed by atoms with van der Waals surface area (Å²) < 4.78 is 16.0. The minimum atomic E-state index is 0.209. The number of aromatic nitrogens is 3. The van der Waals surface area contributed by atoms with Gasteiger partial charge in [0.1, 0.15) is 12.4 Å². The van der Waals surface area contributed by atoms with E-state index in [1.54, 1.807) is 14.2 Å². The summed E-state index contributed by atoms with van der Waals surface area (Å²) in [5, 5.41) is 2.84. The average molecular weight is 290 g/mol. The van der Waals surface area contributed by atoms with Gasteiger partial charge in [0.2, 0.25) is 5.95 Å². The number of benzene rings is 1. The molecule has 0 aliphatic heterocycles. The van der Waals surface area contributed by atoms with E-state index in [1.165, 1.54) is 0 Å². The second-order valence-corrected chi connectivity index (χ2v) is 4.05. The van der Waals surface area contributed by atoms with E-state index in [0.717, 1.165) is 11.3 Å². The fourth-order valence-electron chi connectivity index (χ4n) is 1.62. The first-order valence-corrected chi connectivity index (χ1v) is 6.57. The Kier molecular flexibility index (Phi) is 5.14. The maximum atomic E-state index is 5.58. The topological polar surface area (TPSA) is 78.4 Å². The van der Waals surface area contributed by atoms with E-state index in [1.807, 2.05) is 31.2 Å². The molecule has 0 aliphatic rings. The summed E-state index contributed by atoms with van der Waals surface area (Å²) in [7, 11) is 3.34. The van der Waals surface area contributed by atoms with E-state index < -0.39 is 0 Å². The molecule has 112 valence electrons. The van der Waals surface area contributed by atoms with Crippen molar-refractivity contribution in [1.82, 2.24) is 15.0 Å². The first-order chi connectivity index (χ1) is 10.2. The van der Waals surface area contributed by atoms with E-state index in [-0.39, 0.29) is 12.0 Å². The van der Waals surface area contributed by atoms with Gasteiger partial charge in [-0.2, -0.15) is 9.97 Å². The molecule has 7 heteroatoms. The van der Waals surface area contributed by atoms with E-state index in [0.29, 0.717) is 19.2 Å². The highest BCUT2D eigenvalue weighted by Crippen LogP contribution is 2.16. The van der Waals surface area contributed by atoms with Crippen LogP contribution in [-0.2, 0) is 6.61 Å². The van der Waals surface area contributed by atoms with Crippen LogP contribution in [0.25, 0.3) is 0 Å². The molecule has 0 saturated heterocycles. The van der Waals surface area contributed by atoms with Gasteiger partial charge in [-0.05, 0) is 24.6 Å². The molecule has 1 aromatic carbocycles. The molecule has 1 heterocycles. The largest absolute Gasteiger partial charge is 0.497 e. The normalized spacial score (nSPS) is 10.0.